The third-order valence-electron chi connectivity index (χ3n) is 1.11. The molecule has 0 bridgehead atoms. The Bertz CT molecular complexity index is 44.0. The fourth-order valence-electron chi connectivity index (χ4n) is 0.0833. The van der Waals surface area contributed by atoms with Crippen LogP contribution in [0.25, 0.3) is 0 Å². The Balaban J connectivity index is 3.36. The molecule has 0 aliphatic carbocycles. The Morgan fingerprint density at radius 2 is 1.43 bits per heavy atom. The second-order valence-electron chi connectivity index (χ2n) is 2.57. The Morgan fingerprint density at radius 3 is 1.43 bits per heavy atom. The fraction of sp³-hybridized carbons (Fsp3) is 1.00. The molecule has 0 aliphatic rings. The Labute approximate surface area is 50.9 Å². The van der Waals surface area contributed by atoms with Gasteiger partial charge in [0.1, 0.15) is 0 Å². The van der Waals surface area contributed by atoms with Crippen molar-refractivity contribution in [1.82, 2.24) is 0 Å². The summed E-state index contributed by atoms with van der Waals surface area (Å²) in [6.07, 6.45) is 2.38. The minimum atomic E-state index is 0.509. The molecule has 44 valence electrons. The van der Waals surface area contributed by atoms with Crippen LogP contribution in [0.15, 0.2) is 0 Å². The van der Waals surface area contributed by atoms with E-state index in [1.54, 1.807) is 0 Å². The summed E-state index contributed by atoms with van der Waals surface area (Å²) in [5.74, 6) is 0. The van der Waals surface area contributed by atoms with Gasteiger partial charge in [0.05, 0.1) is 0 Å². The highest BCUT2D eigenvalue weighted by atomic mass is 31.0. The predicted octanol–water partition coefficient (Wildman–Crippen LogP) is 1.76. The molecule has 2 heteroatoms. The molecule has 0 fully saturated rings. The van der Waals surface area contributed by atoms with Gasteiger partial charge in [0, 0.05) is 0 Å². The first-order valence-corrected chi connectivity index (χ1v) is 4.16. The number of rotatable bonds is 2. The maximum atomic E-state index is 2.76. The minimum Gasteiger partial charge on any atom is -0.137 e. The number of hydrogen-bond acceptors (Lipinski definition) is 0. The molecular formula is C5H14P2. The summed E-state index contributed by atoms with van der Waals surface area (Å²) in [5, 5.41) is 0. The Morgan fingerprint density at radius 1 is 1.14 bits per heavy atom. The lowest BCUT2D eigenvalue weighted by molar-refractivity contribution is 0.492. The van der Waals surface area contributed by atoms with Gasteiger partial charge in [-0.15, -0.1) is 18.5 Å². The predicted molar refractivity (Wildman–Crippen MR) is 42.9 cm³/mol. The first-order valence-electron chi connectivity index (χ1n) is 2.52. The van der Waals surface area contributed by atoms with Crippen LogP contribution in [0, 0.1) is 5.41 Å². The van der Waals surface area contributed by atoms with Crippen molar-refractivity contribution in [3.05, 3.63) is 0 Å². The van der Waals surface area contributed by atoms with Crippen molar-refractivity contribution < 1.29 is 0 Å². The maximum Gasteiger partial charge on any atom is -0.0285 e. The van der Waals surface area contributed by atoms with E-state index >= 15 is 0 Å². The summed E-state index contributed by atoms with van der Waals surface area (Å²) in [6, 6.07) is 0. The molecule has 0 rings (SSSR count). The fourth-order valence-corrected chi connectivity index (χ4v) is 0.750. The third-order valence-corrected chi connectivity index (χ3v) is 3.32. The van der Waals surface area contributed by atoms with Gasteiger partial charge in [-0.1, -0.05) is 13.8 Å². The van der Waals surface area contributed by atoms with E-state index < -0.39 is 0 Å². The van der Waals surface area contributed by atoms with Gasteiger partial charge < -0.3 is 0 Å². The first kappa shape index (κ1) is 7.86. The van der Waals surface area contributed by atoms with E-state index in [0.717, 1.165) is 0 Å². The highest BCUT2D eigenvalue weighted by molar-refractivity contribution is 7.17. The average molecular weight is 136 g/mol. The second-order valence-corrected chi connectivity index (χ2v) is 3.39. The molecule has 0 nitrogen and oxygen atoms in total. The molecule has 0 N–H and O–H groups in total. The highest BCUT2D eigenvalue weighted by Gasteiger charge is 2.10. The van der Waals surface area contributed by atoms with Gasteiger partial charge >= 0.3 is 0 Å². The quantitative estimate of drug-likeness (QED) is 0.507. The summed E-state index contributed by atoms with van der Waals surface area (Å²) in [7, 11) is 5.51. The molecule has 0 aliphatic heterocycles. The average Bonchev–Trinajstić information content (AvgIpc) is 1.68. The summed E-state index contributed by atoms with van der Waals surface area (Å²) < 4.78 is 0. The third kappa shape index (κ3) is 3.44. The van der Waals surface area contributed by atoms with Crippen LogP contribution < -0.4 is 0 Å². The van der Waals surface area contributed by atoms with Crippen LogP contribution in [0.2, 0.25) is 0 Å². The van der Waals surface area contributed by atoms with Crippen molar-refractivity contribution in [2.24, 2.45) is 5.41 Å². The molecule has 7 heavy (non-hydrogen) atoms. The first-order chi connectivity index (χ1) is 3.12. The minimum absolute atomic E-state index is 0.509. The molecule has 0 heterocycles. The van der Waals surface area contributed by atoms with Crippen LogP contribution in [-0.2, 0) is 0 Å². The van der Waals surface area contributed by atoms with Gasteiger partial charge in [0.2, 0.25) is 0 Å². The summed E-state index contributed by atoms with van der Waals surface area (Å²) in [6.45, 7) is 4.51. The van der Waals surface area contributed by atoms with Crippen LogP contribution >= 0.6 is 18.5 Å². The van der Waals surface area contributed by atoms with Crippen molar-refractivity contribution in [1.29, 1.82) is 0 Å². The van der Waals surface area contributed by atoms with E-state index in [-0.39, 0.29) is 0 Å². The summed E-state index contributed by atoms with van der Waals surface area (Å²) in [4.78, 5) is 0. The van der Waals surface area contributed by atoms with Crippen LogP contribution in [0.5, 0.6) is 0 Å². The van der Waals surface area contributed by atoms with Crippen LogP contribution in [-0.4, -0.2) is 12.3 Å². The zero-order valence-electron chi connectivity index (χ0n) is 5.07. The lowest BCUT2D eigenvalue weighted by Gasteiger charge is -2.18. The zero-order chi connectivity index (χ0) is 5.91. The zero-order valence-corrected chi connectivity index (χ0v) is 7.38. The SMILES string of the molecule is CC(C)(CP)CP. The smallest absolute Gasteiger partial charge is 0.0285 e. The molecule has 0 spiro atoms. The van der Waals surface area contributed by atoms with Crippen LogP contribution in [0.3, 0.4) is 0 Å². The summed E-state index contributed by atoms with van der Waals surface area (Å²) in [5.41, 5.74) is 0.509. The van der Waals surface area contributed by atoms with Crippen molar-refractivity contribution in [2.45, 2.75) is 13.8 Å². The van der Waals surface area contributed by atoms with Gasteiger partial charge in [-0.05, 0) is 17.7 Å². The molecule has 0 aromatic carbocycles. The van der Waals surface area contributed by atoms with Crippen molar-refractivity contribution in [3.8, 4) is 0 Å². The van der Waals surface area contributed by atoms with E-state index in [1.165, 1.54) is 12.3 Å². The van der Waals surface area contributed by atoms with Crippen LogP contribution in [0.4, 0.5) is 0 Å². The van der Waals surface area contributed by atoms with Gasteiger partial charge in [-0.25, -0.2) is 0 Å². The number of hydrogen-bond donors (Lipinski definition) is 0. The molecule has 0 saturated carbocycles. The van der Waals surface area contributed by atoms with Gasteiger partial charge in [-0.3, -0.25) is 0 Å². The molecule has 0 saturated heterocycles. The van der Waals surface area contributed by atoms with Crippen molar-refractivity contribution in [2.75, 3.05) is 12.3 Å². The van der Waals surface area contributed by atoms with E-state index in [1.807, 2.05) is 0 Å². The van der Waals surface area contributed by atoms with Crippen molar-refractivity contribution in [3.63, 3.8) is 0 Å². The van der Waals surface area contributed by atoms with E-state index in [9.17, 15) is 0 Å². The normalized spacial score (nSPS) is 12.0. The molecule has 0 aromatic rings. The summed E-state index contributed by atoms with van der Waals surface area (Å²) >= 11 is 0. The highest BCUT2D eigenvalue weighted by Crippen LogP contribution is 2.20. The Hall–Kier alpha value is 0.860. The van der Waals surface area contributed by atoms with E-state index in [0.29, 0.717) is 5.41 Å². The van der Waals surface area contributed by atoms with Crippen LogP contribution in [0.1, 0.15) is 13.8 Å². The Kier molecular flexibility index (Phi) is 3.37. The monoisotopic (exact) mass is 136 g/mol. The van der Waals surface area contributed by atoms with Gasteiger partial charge in [-0.2, -0.15) is 0 Å². The molecule has 0 aromatic heterocycles. The molecule has 2 unspecified atom stereocenters. The lowest BCUT2D eigenvalue weighted by atomic mass is 10.0. The molecular weight excluding hydrogens is 122 g/mol. The topological polar surface area (TPSA) is 0 Å². The molecule has 2 atom stereocenters. The van der Waals surface area contributed by atoms with E-state index in [4.69, 9.17) is 0 Å². The lowest BCUT2D eigenvalue weighted by Crippen LogP contribution is -2.13. The molecule has 0 radical (unpaired) electrons. The standard InChI is InChI=1S/C5H14P2/c1-5(2,3-6)4-7/h3-4,6-7H2,1-2H3. The molecule has 0 amide bonds. The second kappa shape index (κ2) is 3.00. The van der Waals surface area contributed by atoms with Gasteiger partial charge in [0.15, 0.2) is 0 Å². The maximum absolute atomic E-state index is 2.76. The van der Waals surface area contributed by atoms with Crippen molar-refractivity contribution >= 4 is 18.5 Å². The van der Waals surface area contributed by atoms with Gasteiger partial charge in [0.25, 0.3) is 0 Å². The van der Waals surface area contributed by atoms with E-state index in [2.05, 4.69) is 32.3 Å². The largest absolute Gasteiger partial charge is 0.137 e.